The van der Waals surface area contributed by atoms with Crippen LogP contribution in [-0.2, 0) is 6.54 Å². The summed E-state index contributed by atoms with van der Waals surface area (Å²) in [4.78, 5) is 6.80. The minimum Gasteiger partial charge on any atom is -0.439 e. The molecular formula is C16H21N3O. The molecule has 0 spiro atoms. The highest BCUT2D eigenvalue weighted by atomic mass is 16.4. The van der Waals surface area contributed by atoms with Crippen LogP contribution in [0, 0.1) is 0 Å². The number of nitrogens with one attached hydrogen (secondary N) is 1. The molecule has 0 radical (unpaired) electrons. The molecule has 4 heteroatoms. The standard InChI is InChI=1S/C16H21N3O/c1-12-9-19(10-13(2)18-12)11-16-17-8-15(20-16)14-6-4-3-5-7-14/h3-8,12-13,18H,9-11H2,1-2H3. The Balaban J connectivity index is 1.68. The molecule has 1 aromatic carbocycles. The number of rotatable bonds is 3. The van der Waals surface area contributed by atoms with E-state index in [9.17, 15) is 0 Å². The van der Waals surface area contributed by atoms with Crippen LogP contribution in [0.5, 0.6) is 0 Å². The fraction of sp³-hybridized carbons (Fsp3) is 0.438. The van der Waals surface area contributed by atoms with E-state index in [1.54, 1.807) is 0 Å². The van der Waals surface area contributed by atoms with E-state index in [1.165, 1.54) is 0 Å². The number of benzene rings is 1. The minimum atomic E-state index is 0.516. The molecule has 1 aliphatic heterocycles. The van der Waals surface area contributed by atoms with Crippen molar-refractivity contribution in [3.8, 4) is 11.3 Å². The van der Waals surface area contributed by atoms with Crippen molar-refractivity contribution in [1.82, 2.24) is 15.2 Å². The van der Waals surface area contributed by atoms with Crippen molar-refractivity contribution in [2.75, 3.05) is 13.1 Å². The average Bonchev–Trinajstić information content (AvgIpc) is 2.87. The van der Waals surface area contributed by atoms with Gasteiger partial charge in [-0.15, -0.1) is 0 Å². The number of oxazole rings is 1. The van der Waals surface area contributed by atoms with Gasteiger partial charge in [0.15, 0.2) is 5.76 Å². The highest BCUT2D eigenvalue weighted by Crippen LogP contribution is 2.20. The molecule has 1 aromatic heterocycles. The van der Waals surface area contributed by atoms with Crippen molar-refractivity contribution in [3.63, 3.8) is 0 Å². The van der Waals surface area contributed by atoms with Crippen LogP contribution in [0.25, 0.3) is 11.3 Å². The summed E-state index contributed by atoms with van der Waals surface area (Å²) in [6, 6.07) is 11.1. The van der Waals surface area contributed by atoms with Crippen molar-refractivity contribution >= 4 is 0 Å². The van der Waals surface area contributed by atoms with E-state index in [0.717, 1.165) is 36.8 Å². The summed E-state index contributed by atoms with van der Waals surface area (Å²) < 4.78 is 5.87. The summed E-state index contributed by atoms with van der Waals surface area (Å²) in [7, 11) is 0. The van der Waals surface area contributed by atoms with E-state index in [1.807, 2.05) is 36.5 Å². The van der Waals surface area contributed by atoms with Gasteiger partial charge in [0.25, 0.3) is 0 Å². The molecule has 2 heterocycles. The predicted octanol–water partition coefficient (Wildman–Crippen LogP) is 2.52. The highest BCUT2D eigenvalue weighted by molar-refractivity contribution is 5.55. The van der Waals surface area contributed by atoms with Gasteiger partial charge in [0.05, 0.1) is 12.7 Å². The first-order chi connectivity index (χ1) is 9.70. The van der Waals surface area contributed by atoms with E-state index >= 15 is 0 Å². The van der Waals surface area contributed by atoms with Crippen LogP contribution in [0.4, 0.5) is 0 Å². The van der Waals surface area contributed by atoms with Gasteiger partial charge in [-0.25, -0.2) is 4.98 Å². The normalized spacial score (nSPS) is 23.9. The zero-order valence-corrected chi connectivity index (χ0v) is 12.0. The van der Waals surface area contributed by atoms with E-state index in [0.29, 0.717) is 12.1 Å². The van der Waals surface area contributed by atoms with E-state index in [2.05, 4.69) is 29.0 Å². The second-order valence-electron chi connectivity index (χ2n) is 5.65. The second-order valence-corrected chi connectivity index (χ2v) is 5.65. The molecule has 2 atom stereocenters. The van der Waals surface area contributed by atoms with Crippen LogP contribution in [0.1, 0.15) is 19.7 Å². The number of aromatic nitrogens is 1. The molecule has 1 aliphatic rings. The smallest absolute Gasteiger partial charge is 0.209 e. The molecule has 20 heavy (non-hydrogen) atoms. The summed E-state index contributed by atoms with van der Waals surface area (Å²) in [5, 5.41) is 3.53. The van der Waals surface area contributed by atoms with Crippen LogP contribution >= 0.6 is 0 Å². The fourth-order valence-corrected chi connectivity index (χ4v) is 2.88. The number of hydrogen-bond acceptors (Lipinski definition) is 4. The maximum Gasteiger partial charge on any atom is 0.209 e. The third kappa shape index (κ3) is 3.08. The van der Waals surface area contributed by atoms with Crippen molar-refractivity contribution in [2.45, 2.75) is 32.5 Å². The molecular weight excluding hydrogens is 250 g/mol. The Kier molecular flexibility index (Phi) is 3.85. The predicted molar refractivity (Wildman–Crippen MR) is 79.3 cm³/mol. The van der Waals surface area contributed by atoms with Crippen molar-refractivity contribution in [2.24, 2.45) is 0 Å². The van der Waals surface area contributed by atoms with Crippen molar-refractivity contribution in [3.05, 3.63) is 42.4 Å². The number of hydrogen-bond donors (Lipinski definition) is 1. The van der Waals surface area contributed by atoms with Gasteiger partial charge >= 0.3 is 0 Å². The second kappa shape index (κ2) is 5.77. The SMILES string of the molecule is CC1CN(Cc2ncc(-c3ccccc3)o2)CC(C)N1. The molecule has 0 bridgehead atoms. The lowest BCUT2D eigenvalue weighted by Crippen LogP contribution is -2.53. The van der Waals surface area contributed by atoms with E-state index in [4.69, 9.17) is 4.42 Å². The monoisotopic (exact) mass is 271 g/mol. The molecule has 3 rings (SSSR count). The molecule has 1 N–H and O–H groups in total. The third-order valence-corrected chi connectivity index (χ3v) is 3.60. The summed E-state index contributed by atoms with van der Waals surface area (Å²) in [5.41, 5.74) is 1.08. The highest BCUT2D eigenvalue weighted by Gasteiger charge is 2.22. The maximum atomic E-state index is 5.87. The summed E-state index contributed by atoms with van der Waals surface area (Å²) >= 11 is 0. The molecule has 4 nitrogen and oxygen atoms in total. The molecule has 0 aliphatic carbocycles. The Hall–Kier alpha value is -1.65. The lowest BCUT2D eigenvalue weighted by atomic mass is 10.1. The van der Waals surface area contributed by atoms with Gasteiger partial charge in [0.2, 0.25) is 5.89 Å². The molecule has 2 aromatic rings. The average molecular weight is 271 g/mol. The third-order valence-electron chi connectivity index (χ3n) is 3.60. The van der Waals surface area contributed by atoms with Crippen LogP contribution in [0.15, 0.2) is 40.9 Å². The molecule has 1 fully saturated rings. The summed E-state index contributed by atoms with van der Waals surface area (Å²) in [5.74, 6) is 1.64. The van der Waals surface area contributed by atoms with Gasteiger partial charge in [0.1, 0.15) is 0 Å². The van der Waals surface area contributed by atoms with E-state index < -0.39 is 0 Å². The van der Waals surface area contributed by atoms with Gasteiger partial charge in [-0.3, -0.25) is 4.90 Å². The number of piperazine rings is 1. The van der Waals surface area contributed by atoms with Crippen LogP contribution < -0.4 is 5.32 Å². The van der Waals surface area contributed by atoms with E-state index in [-0.39, 0.29) is 0 Å². The van der Waals surface area contributed by atoms with Gasteiger partial charge in [-0.1, -0.05) is 30.3 Å². The number of nitrogens with zero attached hydrogens (tertiary/aromatic N) is 2. The molecule has 0 amide bonds. The van der Waals surface area contributed by atoms with Gasteiger partial charge < -0.3 is 9.73 Å². The van der Waals surface area contributed by atoms with Crippen LogP contribution in [0.2, 0.25) is 0 Å². The zero-order valence-electron chi connectivity index (χ0n) is 12.0. The zero-order chi connectivity index (χ0) is 13.9. The maximum absolute atomic E-state index is 5.87. The van der Waals surface area contributed by atoms with Gasteiger partial charge in [-0.2, -0.15) is 0 Å². The Morgan fingerprint density at radius 3 is 2.60 bits per heavy atom. The van der Waals surface area contributed by atoms with Crippen LogP contribution in [-0.4, -0.2) is 35.1 Å². The van der Waals surface area contributed by atoms with Crippen LogP contribution in [0.3, 0.4) is 0 Å². The molecule has 2 unspecified atom stereocenters. The minimum absolute atomic E-state index is 0.516. The molecule has 0 saturated carbocycles. The van der Waals surface area contributed by atoms with Gasteiger partial charge in [-0.05, 0) is 13.8 Å². The first-order valence-corrected chi connectivity index (χ1v) is 7.19. The first kappa shape index (κ1) is 13.3. The fourth-order valence-electron chi connectivity index (χ4n) is 2.88. The topological polar surface area (TPSA) is 41.3 Å². The van der Waals surface area contributed by atoms with Crippen molar-refractivity contribution < 1.29 is 4.42 Å². The quantitative estimate of drug-likeness (QED) is 0.931. The molecule has 106 valence electrons. The van der Waals surface area contributed by atoms with Crippen molar-refractivity contribution in [1.29, 1.82) is 0 Å². The van der Waals surface area contributed by atoms with Gasteiger partial charge in [0, 0.05) is 30.7 Å². The largest absolute Gasteiger partial charge is 0.439 e. The Morgan fingerprint density at radius 1 is 1.20 bits per heavy atom. The summed E-state index contributed by atoms with van der Waals surface area (Å²) in [6.45, 7) is 7.28. The Labute approximate surface area is 119 Å². The Morgan fingerprint density at radius 2 is 1.90 bits per heavy atom. The molecule has 1 saturated heterocycles. The Bertz CT molecular complexity index is 542. The summed E-state index contributed by atoms with van der Waals surface area (Å²) in [6.07, 6.45) is 1.82. The lowest BCUT2D eigenvalue weighted by Gasteiger charge is -2.35. The lowest BCUT2D eigenvalue weighted by molar-refractivity contribution is 0.154. The first-order valence-electron chi connectivity index (χ1n) is 7.19.